The molecule has 0 fully saturated rings. The minimum atomic E-state index is -0.775. The maximum atomic E-state index is 12.8. The molecule has 69 heavy (non-hydrogen) atoms. The lowest BCUT2D eigenvalue weighted by Crippen LogP contribution is -2.30. The lowest BCUT2D eigenvalue weighted by atomic mass is 10.0. The van der Waals surface area contributed by atoms with Crippen LogP contribution in [0.4, 0.5) is 0 Å². The molecule has 0 aromatic rings. The number of esters is 3. The summed E-state index contributed by atoms with van der Waals surface area (Å²) in [5.74, 6) is -0.868. The molecule has 0 bridgehead atoms. The largest absolute Gasteiger partial charge is 0.462 e. The topological polar surface area (TPSA) is 78.9 Å². The molecule has 1 atom stereocenters. The number of allylic oxidation sites excluding steroid dienone is 4. The van der Waals surface area contributed by atoms with Crippen LogP contribution in [0, 0.1) is 0 Å². The van der Waals surface area contributed by atoms with E-state index >= 15 is 0 Å². The van der Waals surface area contributed by atoms with E-state index in [1.54, 1.807) is 0 Å². The Morgan fingerprint density at radius 1 is 0.275 bits per heavy atom. The van der Waals surface area contributed by atoms with Crippen molar-refractivity contribution in [1.82, 2.24) is 0 Å². The Morgan fingerprint density at radius 2 is 0.478 bits per heavy atom. The smallest absolute Gasteiger partial charge is 0.306 e. The third-order valence-corrected chi connectivity index (χ3v) is 13.9. The molecule has 0 radical (unpaired) electrons. The second-order valence-corrected chi connectivity index (χ2v) is 21.0. The van der Waals surface area contributed by atoms with Crippen LogP contribution >= 0.6 is 0 Å². The van der Waals surface area contributed by atoms with Crippen LogP contribution in [-0.2, 0) is 28.6 Å². The molecule has 0 rings (SSSR count). The Labute approximate surface area is 430 Å². The van der Waals surface area contributed by atoms with Gasteiger partial charge in [-0.25, -0.2) is 0 Å². The van der Waals surface area contributed by atoms with Crippen LogP contribution < -0.4 is 0 Å². The third kappa shape index (κ3) is 56.7. The summed E-state index contributed by atoms with van der Waals surface area (Å²) in [5, 5.41) is 0. The van der Waals surface area contributed by atoms with Crippen LogP contribution in [0.2, 0.25) is 0 Å². The Kier molecular flexibility index (Phi) is 56.7. The van der Waals surface area contributed by atoms with Gasteiger partial charge in [-0.15, -0.1) is 0 Å². The Morgan fingerprint density at radius 3 is 0.725 bits per heavy atom. The van der Waals surface area contributed by atoms with Gasteiger partial charge in [-0.3, -0.25) is 14.4 Å². The van der Waals surface area contributed by atoms with Gasteiger partial charge in [0.15, 0.2) is 6.10 Å². The first-order valence-corrected chi connectivity index (χ1v) is 30.8. The highest BCUT2D eigenvalue weighted by molar-refractivity contribution is 5.71. The summed E-state index contributed by atoms with van der Waals surface area (Å²) in [6, 6.07) is 0. The number of hydrogen-bond acceptors (Lipinski definition) is 6. The van der Waals surface area contributed by atoms with Crippen molar-refractivity contribution < 1.29 is 28.6 Å². The normalized spacial score (nSPS) is 12.1. The van der Waals surface area contributed by atoms with Gasteiger partial charge in [-0.2, -0.15) is 0 Å². The molecule has 1 unspecified atom stereocenters. The number of ether oxygens (including phenoxy) is 3. The number of hydrogen-bond donors (Lipinski definition) is 0. The molecular formula is C63H118O6. The van der Waals surface area contributed by atoms with E-state index in [2.05, 4.69) is 45.1 Å². The number of unbranched alkanes of at least 4 members (excludes halogenated alkanes) is 42. The van der Waals surface area contributed by atoms with Gasteiger partial charge in [0.25, 0.3) is 0 Å². The van der Waals surface area contributed by atoms with Gasteiger partial charge in [-0.05, 0) is 70.6 Å². The summed E-state index contributed by atoms with van der Waals surface area (Å²) in [7, 11) is 0. The fourth-order valence-corrected chi connectivity index (χ4v) is 9.26. The Bertz CT molecular complexity index is 1110. The van der Waals surface area contributed by atoms with Crippen LogP contribution in [0.3, 0.4) is 0 Å². The predicted octanol–water partition coefficient (Wildman–Crippen LogP) is 20.7. The molecule has 0 aliphatic rings. The van der Waals surface area contributed by atoms with E-state index in [0.29, 0.717) is 19.3 Å². The third-order valence-electron chi connectivity index (χ3n) is 13.9. The highest BCUT2D eigenvalue weighted by atomic mass is 16.6. The number of rotatable bonds is 57. The van der Waals surface area contributed by atoms with E-state index in [9.17, 15) is 14.4 Å². The second kappa shape index (κ2) is 58.5. The van der Waals surface area contributed by atoms with Gasteiger partial charge in [0.2, 0.25) is 0 Å². The molecule has 0 aliphatic heterocycles. The minimum Gasteiger partial charge on any atom is -0.462 e. The van der Waals surface area contributed by atoms with Crippen LogP contribution in [-0.4, -0.2) is 37.2 Å². The lowest BCUT2D eigenvalue weighted by molar-refractivity contribution is -0.167. The Balaban J connectivity index is 4.25. The van der Waals surface area contributed by atoms with Gasteiger partial charge in [-0.1, -0.05) is 276 Å². The van der Waals surface area contributed by atoms with E-state index in [0.717, 1.165) is 70.6 Å². The summed E-state index contributed by atoms with van der Waals surface area (Å²) in [4.78, 5) is 38.2. The SMILES string of the molecule is CCCCCCC/C=C\CCCCCCCC(=O)OCC(COC(=O)CCCCCCCCCCCCCCCCCCCCCCCCC)OC(=O)CCCCCCC/C=C\CCCCCCC. The predicted molar refractivity (Wildman–Crippen MR) is 298 cm³/mol. The van der Waals surface area contributed by atoms with Crippen molar-refractivity contribution in [2.24, 2.45) is 0 Å². The molecule has 0 amide bonds. The highest BCUT2D eigenvalue weighted by Gasteiger charge is 2.19. The molecular weight excluding hydrogens is 853 g/mol. The lowest BCUT2D eigenvalue weighted by Gasteiger charge is -2.18. The minimum absolute atomic E-state index is 0.0726. The molecule has 6 nitrogen and oxygen atoms in total. The van der Waals surface area contributed by atoms with Gasteiger partial charge >= 0.3 is 17.9 Å². The van der Waals surface area contributed by atoms with Crippen molar-refractivity contribution in [3.63, 3.8) is 0 Å². The average molecular weight is 972 g/mol. The van der Waals surface area contributed by atoms with E-state index in [-0.39, 0.29) is 31.1 Å². The fraction of sp³-hybridized carbons (Fsp3) is 0.889. The summed E-state index contributed by atoms with van der Waals surface area (Å²) < 4.78 is 16.9. The van der Waals surface area contributed by atoms with Gasteiger partial charge in [0.1, 0.15) is 13.2 Å². The average Bonchev–Trinajstić information content (AvgIpc) is 3.35. The van der Waals surface area contributed by atoms with E-state index in [1.165, 1.54) is 231 Å². The van der Waals surface area contributed by atoms with E-state index in [4.69, 9.17) is 14.2 Å². The zero-order valence-corrected chi connectivity index (χ0v) is 46.6. The van der Waals surface area contributed by atoms with Crippen molar-refractivity contribution in [2.75, 3.05) is 13.2 Å². The maximum Gasteiger partial charge on any atom is 0.306 e. The molecule has 0 aromatic carbocycles. The number of carbonyl (C=O) groups excluding carboxylic acids is 3. The monoisotopic (exact) mass is 971 g/mol. The second-order valence-electron chi connectivity index (χ2n) is 21.0. The molecule has 0 aliphatic carbocycles. The van der Waals surface area contributed by atoms with Crippen LogP contribution in [0.1, 0.15) is 342 Å². The van der Waals surface area contributed by atoms with Gasteiger partial charge in [0, 0.05) is 19.3 Å². The molecule has 406 valence electrons. The van der Waals surface area contributed by atoms with E-state index in [1.807, 2.05) is 0 Å². The van der Waals surface area contributed by atoms with Crippen LogP contribution in [0.5, 0.6) is 0 Å². The summed E-state index contributed by atoms with van der Waals surface area (Å²) in [6.45, 7) is 6.66. The Hall–Kier alpha value is -2.11. The molecule has 0 N–H and O–H groups in total. The van der Waals surface area contributed by atoms with Crippen molar-refractivity contribution >= 4 is 17.9 Å². The first-order valence-electron chi connectivity index (χ1n) is 30.8. The van der Waals surface area contributed by atoms with Crippen LogP contribution in [0.25, 0.3) is 0 Å². The molecule has 6 heteroatoms. The molecule has 0 aromatic heterocycles. The molecule has 0 heterocycles. The van der Waals surface area contributed by atoms with Crippen molar-refractivity contribution in [2.45, 2.75) is 348 Å². The van der Waals surface area contributed by atoms with E-state index < -0.39 is 6.10 Å². The first-order chi connectivity index (χ1) is 34.0. The summed E-state index contributed by atoms with van der Waals surface area (Å²) >= 11 is 0. The van der Waals surface area contributed by atoms with Gasteiger partial charge in [0.05, 0.1) is 0 Å². The quantitative estimate of drug-likeness (QED) is 0.0261. The zero-order valence-electron chi connectivity index (χ0n) is 46.6. The molecule has 0 saturated heterocycles. The van der Waals surface area contributed by atoms with Gasteiger partial charge < -0.3 is 14.2 Å². The van der Waals surface area contributed by atoms with Crippen molar-refractivity contribution in [1.29, 1.82) is 0 Å². The zero-order chi connectivity index (χ0) is 50.0. The van der Waals surface area contributed by atoms with Crippen LogP contribution in [0.15, 0.2) is 24.3 Å². The summed E-state index contributed by atoms with van der Waals surface area (Å²) in [6.07, 6.45) is 69.0. The fourth-order valence-electron chi connectivity index (χ4n) is 9.26. The summed E-state index contributed by atoms with van der Waals surface area (Å²) in [5.41, 5.74) is 0. The standard InChI is InChI=1S/C63H118O6/c1-4-7-10-13-16-19-22-25-28-29-30-31-32-33-34-35-36-39-41-44-47-50-53-56-62(65)68-59-60(69-63(66)57-54-51-48-45-42-38-27-24-21-18-15-12-9-6-3)58-67-61(64)55-52-49-46-43-40-37-26-23-20-17-14-11-8-5-2/h23-24,26-27,60H,4-22,25,28-59H2,1-3H3/b26-23-,27-24-. The van der Waals surface area contributed by atoms with Crippen molar-refractivity contribution in [3.05, 3.63) is 24.3 Å². The molecule has 0 saturated carbocycles. The maximum absolute atomic E-state index is 12.8. The van der Waals surface area contributed by atoms with Crippen molar-refractivity contribution in [3.8, 4) is 0 Å². The molecule has 0 spiro atoms. The first kappa shape index (κ1) is 66.9. The highest BCUT2D eigenvalue weighted by Crippen LogP contribution is 2.17. The number of carbonyl (C=O) groups is 3.